The number of aliphatic hydroxyl groups excluding tert-OH is 1. The molecule has 3 rings (SSSR count). The Morgan fingerprint density at radius 2 is 2.09 bits per heavy atom. The average molecular weight is 301 g/mol. The fraction of sp³-hybridized carbons (Fsp3) is 0.294. The van der Waals surface area contributed by atoms with Gasteiger partial charge in [-0.3, -0.25) is 0 Å². The minimum absolute atomic E-state index is 0.114. The van der Waals surface area contributed by atoms with Gasteiger partial charge in [0.15, 0.2) is 0 Å². The highest BCUT2D eigenvalue weighted by Gasteiger charge is 2.30. The highest BCUT2D eigenvalue weighted by molar-refractivity contribution is 5.48. The molecular weight excluding hydrogens is 282 g/mol. The van der Waals surface area contributed by atoms with Gasteiger partial charge in [0.25, 0.3) is 0 Å². The highest BCUT2D eigenvalue weighted by atomic mass is 16.5. The molecule has 0 saturated carbocycles. The van der Waals surface area contributed by atoms with Gasteiger partial charge in [-0.2, -0.15) is 0 Å². The minimum Gasteiger partial charge on any atom is -0.508 e. The number of aromatic hydroxyl groups is 1. The smallest absolute Gasteiger partial charge is 0.125 e. The molecular formula is C17H19NO4. The Kier molecular flexibility index (Phi) is 3.81. The number of fused-ring (bicyclic) bond motifs is 1. The lowest BCUT2D eigenvalue weighted by Gasteiger charge is -2.30. The number of rotatable bonds is 3. The summed E-state index contributed by atoms with van der Waals surface area (Å²) in [6.07, 6.45) is -0.133. The molecule has 2 atom stereocenters. The van der Waals surface area contributed by atoms with Gasteiger partial charge in [-0.15, -0.1) is 0 Å². The fourth-order valence-corrected chi connectivity index (χ4v) is 2.85. The summed E-state index contributed by atoms with van der Waals surface area (Å²) in [7, 11) is 1.61. The summed E-state index contributed by atoms with van der Waals surface area (Å²) in [5.74, 6) is 1.33. The number of methoxy groups -OCH3 is 1. The van der Waals surface area contributed by atoms with Gasteiger partial charge in [-0.05, 0) is 48.4 Å². The fourth-order valence-electron chi connectivity index (χ4n) is 2.85. The van der Waals surface area contributed by atoms with E-state index in [0.717, 1.165) is 11.3 Å². The van der Waals surface area contributed by atoms with Crippen molar-refractivity contribution in [2.45, 2.75) is 12.5 Å². The lowest BCUT2D eigenvalue weighted by Crippen LogP contribution is -2.27. The summed E-state index contributed by atoms with van der Waals surface area (Å²) in [6, 6.07) is 10.2. The zero-order chi connectivity index (χ0) is 15.7. The normalized spacial score (nSPS) is 20.1. The number of ether oxygens (including phenoxy) is 2. The third kappa shape index (κ3) is 2.67. The van der Waals surface area contributed by atoms with Gasteiger partial charge in [-0.1, -0.05) is 0 Å². The first-order chi connectivity index (χ1) is 10.6. The summed E-state index contributed by atoms with van der Waals surface area (Å²) in [4.78, 5) is 0. The van der Waals surface area contributed by atoms with Gasteiger partial charge in [0.05, 0.1) is 19.8 Å². The number of nitrogens with two attached hydrogens (primary N) is 1. The lowest BCUT2D eigenvalue weighted by atomic mass is 9.87. The van der Waals surface area contributed by atoms with Crippen molar-refractivity contribution in [2.24, 2.45) is 5.92 Å². The Morgan fingerprint density at radius 1 is 1.27 bits per heavy atom. The molecule has 22 heavy (non-hydrogen) atoms. The largest absolute Gasteiger partial charge is 0.508 e. The van der Waals surface area contributed by atoms with Crippen LogP contribution < -0.4 is 15.2 Å². The number of phenols is 1. The highest BCUT2D eigenvalue weighted by Crippen LogP contribution is 2.39. The monoisotopic (exact) mass is 301 g/mol. The Labute approximate surface area is 128 Å². The predicted octanol–water partition coefficient (Wildman–Crippen LogP) is 2.27. The summed E-state index contributed by atoms with van der Waals surface area (Å²) < 4.78 is 11.0. The van der Waals surface area contributed by atoms with E-state index in [1.165, 1.54) is 0 Å². The summed E-state index contributed by atoms with van der Waals surface area (Å²) in [5, 5.41) is 20.2. The molecule has 1 aliphatic heterocycles. The minimum atomic E-state index is -0.706. The maximum absolute atomic E-state index is 10.6. The van der Waals surface area contributed by atoms with E-state index in [9.17, 15) is 10.2 Å². The van der Waals surface area contributed by atoms with E-state index in [1.54, 1.807) is 31.4 Å². The van der Waals surface area contributed by atoms with Crippen molar-refractivity contribution in [2.75, 3.05) is 19.5 Å². The van der Waals surface area contributed by atoms with Gasteiger partial charge < -0.3 is 25.4 Å². The zero-order valence-corrected chi connectivity index (χ0v) is 12.3. The maximum Gasteiger partial charge on any atom is 0.125 e. The van der Waals surface area contributed by atoms with Crippen molar-refractivity contribution < 1.29 is 19.7 Å². The Balaban J connectivity index is 1.87. The second-order valence-corrected chi connectivity index (χ2v) is 5.51. The van der Waals surface area contributed by atoms with Crippen LogP contribution in [-0.4, -0.2) is 23.9 Å². The number of aliphatic hydroxyl groups is 1. The van der Waals surface area contributed by atoms with Crippen LogP contribution >= 0.6 is 0 Å². The molecule has 0 bridgehead atoms. The number of phenolic OH excluding ortho intramolecular Hbond substituents is 1. The van der Waals surface area contributed by atoms with Crippen LogP contribution in [0.3, 0.4) is 0 Å². The van der Waals surface area contributed by atoms with E-state index in [4.69, 9.17) is 15.2 Å². The predicted molar refractivity (Wildman–Crippen MR) is 83.2 cm³/mol. The van der Waals surface area contributed by atoms with Gasteiger partial charge in [0.1, 0.15) is 17.2 Å². The zero-order valence-electron chi connectivity index (χ0n) is 12.3. The quantitative estimate of drug-likeness (QED) is 0.757. The standard InChI is InChI=1S/C17H19NO4/c1-21-15-4-2-12(18)7-10(15)6-11-9-22-16-5-3-13(19)8-14(16)17(11)20/h2-5,7-8,11,17,19-20H,6,9,18H2,1H3/t11-,17-/m0/s1. The topological polar surface area (TPSA) is 84.9 Å². The number of anilines is 1. The van der Waals surface area contributed by atoms with Crippen LogP contribution in [-0.2, 0) is 6.42 Å². The molecule has 4 N–H and O–H groups in total. The third-order valence-electron chi connectivity index (χ3n) is 4.00. The lowest BCUT2D eigenvalue weighted by molar-refractivity contribution is 0.0503. The molecule has 2 aromatic carbocycles. The molecule has 0 amide bonds. The van der Waals surface area contributed by atoms with Crippen LogP contribution in [0.4, 0.5) is 5.69 Å². The van der Waals surface area contributed by atoms with Gasteiger partial charge in [0.2, 0.25) is 0 Å². The molecule has 0 unspecified atom stereocenters. The van der Waals surface area contributed by atoms with E-state index < -0.39 is 6.10 Å². The number of nitrogen functional groups attached to an aromatic ring is 1. The maximum atomic E-state index is 10.6. The molecule has 0 spiro atoms. The molecule has 0 radical (unpaired) electrons. The van der Waals surface area contributed by atoms with Gasteiger partial charge >= 0.3 is 0 Å². The molecule has 0 aliphatic carbocycles. The summed E-state index contributed by atoms with van der Waals surface area (Å²) in [5.41, 5.74) is 8.03. The first-order valence-corrected chi connectivity index (χ1v) is 7.14. The van der Waals surface area contributed by atoms with Crippen molar-refractivity contribution in [3.8, 4) is 17.2 Å². The Bertz CT molecular complexity index is 686. The first-order valence-electron chi connectivity index (χ1n) is 7.14. The molecule has 0 fully saturated rings. The van der Waals surface area contributed by atoms with Gasteiger partial charge in [-0.25, -0.2) is 0 Å². The molecule has 0 saturated heterocycles. The molecule has 5 nitrogen and oxygen atoms in total. The van der Waals surface area contributed by atoms with Crippen LogP contribution in [0.2, 0.25) is 0 Å². The Hall–Kier alpha value is -2.40. The average Bonchev–Trinajstić information content (AvgIpc) is 2.51. The van der Waals surface area contributed by atoms with E-state index in [2.05, 4.69) is 0 Å². The Morgan fingerprint density at radius 3 is 2.86 bits per heavy atom. The summed E-state index contributed by atoms with van der Waals surface area (Å²) >= 11 is 0. The van der Waals surface area contributed by atoms with Crippen molar-refractivity contribution in [1.29, 1.82) is 0 Å². The van der Waals surface area contributed by atoms with Crippen molar-refractivity contribution in [3.05, 3.63) is 47.5 Å². The van der Waals surface area contributed by atoms with Crippen LogP contribution in [0, 0.1) is 5.92 Å². The van der Waals surface area contributed by atoms with E-state index in [1.807, 2.05) is 12.1 Å². The molecule has 1 aliphatic rings. The second-order valence-electron chi connectivity index (χ2n) is 5.51. The third-order valence-corrected chi connectivity index (χ3v) is 4.00. The van der Waals surface area contributed by atoms with Crippen LogP contribution in [0.25, 0.3) is 0 Å². The number of hydrogen-bond acceptors (Lipinski definition) is 5. The molecule has 1 heterocycles. The van der Waals surface area contributed by atoms with Crippen LogP contribution in [0.5, 0.6) is 17.2 Å². The van der Waals surface area contributed by atoms with Crippen molar-refractivity contribution in [1.82, 2.24) is 0 Å². The van der Waals surface area contributed by atoms with Crippen LogP contribution in [0.15, 0.2) is 36.4 Å². The SMILES string of the molecule is COc1ccc(N)cc1C[C@H]1COc2ccc(O)cc2[C@H]1O. The first kappa shape index (κ1) is 14.5. The van der Waals surface area contributed by atoms with Crippen LogP contribution in [0.1, 0.15) is 17.2 Å². The van der Waals surface area contributed by atoms with E-state index in [-0.39, 0.29) is 11.7 Å². The molecule has 116 valence electrons. The number of hydrogen-bond donors (Lipinski definition) is 3. The number of benzene rings is 2. The molecule has 0 aromatic heterocycles. The van der Waals surface area contributed by atoms with Gasteiger partial charge in [0, 0.05) is 17.2 Å². The molecule has 5 heteroatoms. The van der Waals surface area contributed by atoms with Crippen molar-refractivity contribution >= 4 is 5.69 Å². The summed E-state index contributed by atoms with van der Waals surface area (Å²) in [6.45, 7) is 0.400. The van der Waals surface area contributed by atoms with E-state index >= 15 is 0 Å². The van der Waals surface area contributed by atoms with Crippen molar-refractivity contribution in [3.63, 3.8) is 0 Å². The van der Waals surface area contributed by atoms with E-state index in [0.29, 0.717) is 30.0 Å². The molecule has 2 aromatic rings. The second kappa shape index (κ2) is 5.77.